The van der Waals surface area contributed by atoms with Crippen LogP contribution in [0.1, 0.15) is 24.1 Å². The predicted molar refractivity (Wildman–Crippen MR) is 79.0 cm³/mol. The molecule has 1 unspecified atom stereocenters. The SMILES string of the molecule is COCC1(CNc2nc(C)c(C#N)cc2Cl)CCCN1. The molecule has 1 fully saturated rings. The summed E-state index contributed by atoms with van der Waals surface area (Å²) >= 11 is 6.16. The number of pyridine rings is 1. The van der Waals surface area contributed by atoms with Crippen molar-refractivity contribution in [1.29, 1.82) is 5.26 Å². The molecular formula is C14H19ClN4O. The van der Waals surface area contributed by atoms with Gasteiger partial charge in [-0.3, -0.25) is 0 Å². The van der Waals surface area contributed by atoms with Gasteiger partial charge in [-0.2, -0.15) is 5.26 Å². The van der Waals surface area contributed by atoms with Crippen molar-refractivity contribution in [2.24, 2.45) is 0 Å². The number of rotatable bonds is 5. The van der Waals surface area contributed by atoms with Crippen LogP contribution in [0.4, 0.5) is 5.82 Å². The molecule has 0 aromatic carbocycles. The Morgan fingerprint density at radius 2 is 2.45 bits per heavy atom. The molecular weight excluding hydrogens is 276 g/mol. The zero-order chi connectivity index (χ0) is 14.6. The third-order valence-corrected chi connectivity index (χ3v) is 3.92. The maximum Gasteiger partial charge on any atom is 0.145 e. The van der Waals surface area contributed by atoms with E-state index in [9.17, 15) is 0 Å². The molecule has 1 aromatic rings. The lowest BCUT2D eigenvalue weighted by Crippen LogP contribution is -2.49. The van der Waals surface area contributed by atoms with Crippen molar-refractivity contribution in [2.75, 3.05) is 32.1 Å². The molecule has 0 saturated carbocycles. The summed E-state index contributed by atoms with van der Waals surface area (Å²) in [6.45, 7) is 4.14. The molecule has 5 nitrogen and oxygen atoms in total. The maximum absolute atomic E-state index is 8.95. The summed E-state index contributed by atoms with van der Waals surface area (Å²) < 4.78 is 5.31. The average molecular weight is 295 g/mol. The molecule has 108 valence electrons. The van der Waals surface area contributed by atoms with Gasteiger partial charge in [0.2, 0.25) is 0 Å². The minimum atomic E-state index is -0.0679. The van der Waals surface area contributed by atoms with Gasteiger partial charge in [-0.25, -0.2) is 4.98 Å². The number of aromatic nitrogens is 1. The summed E-state index contributed by atoms with van der Waals surface area (Å²) in [5.74, 6) is 0.618. The molecule has 1 aliphatic rings. The van der Waals surface area contributed by atoms with Gasteiger partial charge >= 0.3 is 0 Å². The minimum Gasteiger partial charge on any atom is -0.383 e. The van der Waals surface area contributed by atoms with Crippen molar-refractivity contribution in [3.8, 4) is 6.07 Å². The Labute approximate surface area is 124 Å². The molecule has 0 aliphatic carbocycles. The van der Waals surface area contributed by atoms with Crippen LogP contribution in [-0.4, -0.2) is 37.3 Å². The van der Waals surface area contributed by atoms with Gasteiger partial charge in [-0.15, -0.1) is 0 Å². The number of methoxy groups -OCH3 is 1. The van der Waals surface area contributed by atoms with Crippen molar-refractivity contribution in [3.05, 3.63) is 22.3 Å². The Balaban J connectivity index is 2.10. The fourth-order valence-electron chi connectivity index (χ4n) is 2.54. The van der Waals surface area contributed by atoms with Crippen LogP contribution in [0.5, 0.6) is 0 Å². The average Bonchev–Trinajstić information content (AvgIpc) is 2.89. The normalized spacial score (nSPS) is 21.7. The van der Waals surface area contributed by atoms with Gasteiger partial charge in [0.15, 0.2) is 0 Å². The minimum absolute atomic E-state index is 0.0679. The summed E-state index contributed by atoms with van der Waals surface area (Å²) in [7, 11) is 1.71. The molecule has 0 spiro atoms. The fourth-order valence-corrected chi connectivity index (χ4v) is 2.76. The number of hydrogen-bond donors (Lipinski definition) is 2. The standard InChI is InChI=1S/C14H19ClN4O/c1-10-11(7-16)6-12(15)13(19-10)17-8-14(9-20-2)4-3-5-18-14/h6,18H,3-5,8-9H2,1-2H3,(H,17,19). The van der Waals surface area contributed by atoms with E-state index in [1.54, 1.807) is 20.1 Å². The van der Waals surface area contributed by atoms with Gasteiger partial charge in [0, 0.05) is 13.7 Å². The molecule has 1 aromatic heterocycles. The number of anilines is 1. The van der Waals surface area contributed by atoms with E-state index in [-0.39, 0.29) is 5.54 Å². The molecule has 0 amide bonds. The van der Waals surface area contributed by atoms with E-state index in [4.69, 9.17) is 21.6 Å². The Kier molecular flexibility index (Phi) is 4.81. The highest BCUT2D eigenvalue weighted by atomic mass is 35.5. The maximum atomic E-state index is 8.95. The van der Waals surface area contributed by atoms with Crippen LogP contribution in [0.2, 0.25) is 5.02 Å². The Morgan fingerprint density at radius 1 is 1.65 bits per heavy atom. The highest BCUT2D eigenvalue weighted by molar-refractivity contribution is 6.33. The molecule has 2 rings (SSSR count). The van der Waals surface area contributed by atoms with E-state index in [0.717, 1.165) is 19.4 Å². The van der Waals surface area contributed by atoms with E-state index >= 15 is 0 Å². The van der Waals surface area contributed by atoms with Gasteiger partial charge in [0.1, 0.15) is 11.9 Å². The van der Waals surface area contributed by atoms with Crippen molar-refractivity contribution in [3.63, 3.8) is 0 Å². The van der Waals surface area contributed by atoms with Crippen LogP contribution in [0.25, 0.3) is 0 Å². The van der Waals surface area contributed by atoms with Crippen LogP contribution in [0, 0.1) is 18.3 Å². The van der Waals surface area contributed by atoms with Gasteiger partial charge in [-0.1, -0.05) is 11.6 Å². The Hall–Kier alpha value is -1.35. The van der Waals surface area contributed by atoms with Gasteiger partial charge in [-0.05, 0) is 32.4 Å². The van der Waals surface area contributed by atoms with Gasteiger partial charge in [0.25, 0.3) is 0 Å². The first-order valence-electron chi connectivity index (χ1n) is 6.65. The fraction of sp³-hybridized carbons (Fsp3) is 0.571. The van der Waals surface area contributed by atoms with Gasteiger partial charge in [0.05, 0.1) is 28.4 Å². The molecule has 1 saturated heterocycles. The summed E-state index contributed by atoms with van der Waals surface area (Å²) in [6, 6.07) is 3.73. The monoisotopic (exact) mass is 294 g/mol. The second kappa shape index (κ2) is 6.40. The van der Waals surface area contributed by atoms with Crippen molar-refractivity contribution < 1.29 is 4.74 Å². The van der Waals surface area contributed by atoms with Crippen LogP contribution in [0.15, 0.2) is 6.07 Å². The third kappa shape index (κ3) is 3.21. The molecule has 6 heteroatoms. The highest BCUT2D eigenvalue weighted by Gasteiger charge is 2.33. The molecule has 1 atom stereocenters. The zero-order valence-electron chi connectivity index (χ0n) is 11.8. The number of nitrogens with one attached hydrogen (secondary N) is 2. The number of halogens is 1. The zero-order valence-corrected chi connectivity index (χ0v) is 12.5. The first-order chi connectivity index (χ1) is 9.60. The molecule has 20 heavy (non-hydrogen) atoms. The van der Waals surface area contributed by atoms with Crippen LogP contribution in [0.3, 0.4) is 0 Å². The van der Waals surface area contributed by atoms with Crippen molar-refractivity contribution >= 4 is 17.4 Å². The first-order valence-corrected chi connectivity index (χ1v) is 7.03. The number of hydrogen-bond acceptors (Lipinski definition) is 5. The number of aryl methyl sites for hydroxylation is 1. The molecule has 0 bridgehead atoms. The molecule has 1 aliphatic heterocycles. The lowest BCUT2D eigenvalue weighted by molar-refractivity contribution is 0.127. The summed E-state index contributed by atoms with van der Waals surface area (Å²) in [5, 5.41) is 16.2. The van der Waals surface area contributed by atoms with Crippen molar-refractivity contribution in [1.82, 2.24) is 10.3 Å². The van der Waals surface area contributed by atoms with E-state index in [2.05, 4.69) is 21.7 Å². The first kappa shape index (κ1) is 15.0. The number of nitriles is 1. The van der Waals surface area contributed by atoms with E-state index in [1.165, 1.54) is 0 Å². The molecule has 0 radical (unpaired) electrons. The molecule has 2 N–H and O–H groups in total. The smallest absolute Gasteiger partial charge is 0.145 e. The van der Waals surface area contributed by atoms with E-state index in [1.807, 2.05) is 0 Å². The van der Waals surface area contributed by atoms with Crippen LogP contribution in [-0.2, 0) is 4.74 Å². The van der Waals surface area contributed by atoms with Gasteiger partial charge < -0.3 is 15.4 Å². The van der Waals surface area contributed by atoms with E-state index in [0.29, 0.717) is 35.2 Å². The lowest BCUT2D eigenvalue weighted by atomic mass is 9.98. The topological polar surface area (TPSA) is 70.0 Å². The number of nitrogens with zero attached hydrogens (tertiary/aromatic N) is 2. The largest absolute Gasteiger partial charge is 0.383 e. The highest BCUT2D eigenvalue weighted by Crippen LogP contribution is 2.25. The Bertz CT molecular complexity index is 521. The quantitative estimate of drug-likeness (QED) is 0.870. The van der Waals surface area contributed by atoms with Crippen LogP contribution < -0.4 is 10.6 Å². The predicted octanol–water partition coefficient (Wildman–Crippen LogP) is 2.10. The number of ether oxygens (including phenoxy) is 1. The van der Waals surface area contributed by atoms with E-state index < -0.39 is 0 Å². The summed E-state index contributed by atoms with van der Waals surface area (Å²) in [5.41, 5.74) is 1.12. The molecule has 2 heterocycles. The summed E-state index contributed by atoms with van der Waals surface area (Å²) in [4.78, 5) is 4.36. The Morgan fingerprint density at radius 3 is 3.05 bits per heavy atom. The summed E-state index contributed by atoms with van der Waals surface area (Å²) in [6.07, 6.45) is 2.19. The van der Waals surface area contributed by atoms with Crippen molar-refractivity contribution in [2.45, 2.75) is 25.3 Å². The third-order valence-electron chi connectivity index (χ3n) is 3.63. The second-order valence-electron chi connectivity index (χ2n) is 5.16. The second-order valence-corrected chi connectivity index (χ2v) is 5.57. The lowest BCUT2D eigenvalue weighted by Gasteiger charge is -2.29. The van der Waals surface area contributed by atoms with Crippen LogP contribution >= 0.6 is 11.6 Å².